The highest BCUT2D eigenvalue weighted by Gasteiger charge is 2.53. The van der Waals surface area contributed by atoms with Crippen molar-refractivity contribution in [3.05, 3.63) is 52.3 Å². The number of benzene rings is 1. The van der Waals surface area contributed by atoms with Crippen molar-refractivity contribution >= 4 is 11.6 Å². The molecule has 27 heavy (non-hydrogen) atoms. The molecule has 3 unspecified atom stereocenters. The normalized spacial score (nSPS) is 29.3. The molecule has 1 aromatic heterocycles. The first-order valence-electron chi connectivity index (χ1n) is 9.49. The lowest BCUT2D eigenvalue weighted by molar-refractivity contribution is -0.0114. The van der Waals surface area contributed by atoms with Crippen molar-refractivity contribution < 1.29 is 14.6 Å². The van der Waals surface area contributed by atoms with Gasteiger partial charge < -0.3 is 14.6 Å². The van der Waals surface area contributed by atoms with Crippen molar-refractivity contribution in [2.45, 2.75) is 31.9 Å². The Balaban J connectivity index is 1.36. The maximum atomic E-state index is 11.5. The Bertz CT molecular complexity index is 890. The summed E-state index contributed by atoms with van der Waals surface area (Å²) in [6.45, 7) is 4.91. The quantitative estimate of drug-likeness (QED) is 0.874. The van der Waals surface area contributed by atoms with E-state index in [1.165, 1.54) is 0 Å². The Morgan fingerprint density at radius 1 is 1.33 bits per heavy atom. The number of fused-ring (bicyclic) bond motifs is 2. The van der Waals surface area contributed by atoms with Crippen LogP contribution >= 0.6 is 11.6 Å². The Labute approximate surface area is 163 Å². The first kappa shape index (κ1) is 17.3. The van der Waals surface area contributed by atoms with E-state index in [1.807, 2.05) is 31.2 Å². The van der Waals surface area contributed by atoms with Crippen molar-refractivity contribution in [3.63, 3.8) is 0 Å². The van der Waals surface area contributed by atoms with Crippen LogP contribution < -0.4 is 9.47 Å². The summed E-state index contributed by atoms with van der Waals surface area (Å²) in [5.41, 5.74) is 2.21. The Hall–Kier alpha value is -1.82. The molecule has 142 valence electrons. The summed E-state index contributed by atoms with van der Waals surface area (Å²) in [7, 11) is 0. The highest BCUT2D eigenvalue weighted by atomic mass is 35.5. The zero-order valence-corrected chi connectivity index (χ0v) is 16.1. The highest BCUT2D eigenvalue weighted by Crippen LogP contribution is 2.51. The van der Waals surface area contributed by atoms with Crippen LogP contribution in [0.5, 0.6) is 11.5 Å². The van der Waals surface area contributed by atoms with Gasteiger partial charge in [-0.25, -0.2) is 0 Å². The van der Waals surface area contributed by atoms with E-state index in [9.17, 15) is 5.11 Å². The lowest BCUT2D eigenvalue weighted by Crippen LogP contribution is -2.36. The number of hydrogen-bond acceptors (Lipinski definition) is 5. The van der Waals surface area contributed by atoms with E-state index in [0.717, 1.165) is 55.0 Å². The Morgan fingerprint density at radius 2 is 2.22 bits per heavy atom. The van der Waals surface area contributed by atoms with Gasteiger partial charge in [0.15, 0.2) is 11.5 Å². The van der Waals surface area contributed by atoms with Gasteiger partial charge in [-0.2, -0.15) is 0 Å². The fourth-order valence-electron chi connectivity index (χ4n) is 5.12. The van der Waals surface area contributed by atoms with Gasteiger partial charge in [0.25, 0.3) is 0 Å². The van der Waals surface area contributed by atoms with Crippen molar-refractivity contribution in [2.24, 2.45) is 11.8 Å². The molecule has 3 aliphatic rings. The first-order chi connectivity index (χ1) is 13.0. The number of rotatable bonds is 3. The highest BCUT2D eigenvalue weighted by molar-refractivity contribution is 6.32. The predicted molar refractivity (Wildman–Crippen MR) is 102 cm³/mol. The number of likely N-dealkylation sites (tertiary alicyclic amines) is 1. The summed E-state index contributed by atoms with van der Waals surface area (Å²) in [4.78, 5) is 6.94. The number of pyridine rings is 1. The SMILES string of the molecule is Cc1cccnc1C1(O)CCC2CN(Cc3cc(Cl)c4c(c3)OCO4)CC21. The van der Waals surface area contributed by atoms with Crippen molar-refractivity contribution in [3.8, 4) is 11.5 Å². The van der Waals surface area contributed by atoms with Gasteiger partial charge in [0.05, 0.1) is 10.7 Å². The fourth-order valence-corrected chi connectivity index (χ4v) is 5.41. The van der Waals surface area contributed by atoms with Crippen LogP contribution in [0.15, 0.2) is 30.5 Å². The zero-order valence-electron chi connectivity index (χ0n) is 15.3. The lowest BCUT2D eigenvalue weighted by Gasteiger charge is -2.31. The molecule has 1 saturated carbocycles. The van der Waals surface area contributed by atoms with E-state index in [0.29, 0.717) is 16.7 Å². The summed E-state index contributed by atoms with van der Waals surface area (Å²) in [6, 6.07) is 7.93. The standard InChI is InChI=1S/C21H23ClN2O3/c1-13-3-2-6-23-20(13)21(25)5-4-15-10-24(11-16(15)21)9-14-7-17(22)19-18(8-14)26-12-27-19/h2-3,6-8,15-16,25H,4-5,9-12H2,1H3. The maximum Gasteiger partial charge on any atom is 0.231 e. The third kappa shape index (κ3) is 2.80. The van der Waals surface area contributed by atoms with Crippen LogP contribution in [0.3, 0.4) is 0 Å². The molecule has 5 nitrogen and oxygen atoms in total. The number of aliphatic hydroxyl groups is 1. The molecule has 3 atom stereocenters. The molecule has 0 spiro atoms. The molecule has 1 saturated heterocycles. The number of hydrogen-bond donors (Lipinski definition) is 1. The predicted octanol–water partition coefficient (Wildman–Crippen LogP) is 3.50. The smallest absolute Gasteiger partial charge is 0.231 e. The second-order valence-corrected chi connectivity index (χ2v) is 8.41. The van der Waals surface area contributed by atoms with Gasteiger partial charge >= 0.3 is 0 Å². The Morgan fingerprint density at radius 3 is 3.07 bits per heavy atom. The number of aryl methyl sites for hydroxylation is 1. The van der Waals surface area contributed by atoms with Crippen LogP contribution in [-0.4, -0.2) is 34.9 Å². The van der Waals surface area contributed by atoms with E-state index in [1.54, 1.807) is 6.20 Å². The minimum atomic E-state index is -0.822. The van der Waals surface area contributed by atoms with Gasteiger partial charge in [-0.1, -0.05) is 17.7 Å². The molecule has 2 aliphatic heterocycles. The van der Waals surface area contributed by atoms with Gasteiger partial charge in [-0.15, -0.1) is 0 Å². The molecule has 1 aromatic carbocycles. The van der Waals surface area contributed by atoms with Crippen LogP contribution in [0.4, 0.5) is 0 Å². The minimum Gasteiger partial charge on any atom is -0.454 e. The number of aromatic nitrogens is 1. The second kappa shape index (κ2) is 6.36. The Kier molecular flexibility index (Phi) is 4.08. The van der Waals surface area contributed by atoms with E-state index >= 15 is 0 Å². The van der Waals surface area contributed by atoms with Crippen LogP contribution in [0.25, 0.3) is 0 Å². The molecule has 0 bridgehead atoms. The summed E-state index contributed by atoms with van der Waals surface area (Å²) in [5, 5.41) is 12.1. The molecule has 2 fully saturated rings. The molecule has 3 heterocycles. The lowest BCUT2D eigenvalue weighted by atomic mass is 9.83. The molecule has 6 heteroatoms. The molecular formula is C21H23ClN2O3. The van der Waals surface area contributed by atoms with Gasteiger partial charge in [0.2, 0.25) is 6.79 Å². The summed E-state index contributed by atoms with van der Waals surface area (Å²) in [5.74, 6) is 2.08. The minimum absolute atomic E-state index is 0.218. The zero-order chi connectivity index (χ0) is 18.6. The van der Waals surface area contributed by atoms with Crippen LogP contribution in [0.1, 0.15) is 29.7 Å². The first-order valence-corrected chi connectivity index (χ1v) is 9.87. The number of halogens is 1. The van der Waals surface area contributed by atoms with Crippen molar-refractivity contribution in [2.75, 3.05) is 19.9 Å². The van der Waals surface area contributed by atoms with E-state index < -0.39 is 5.60 Å². The van der Waals surface area contributed by atoms with Gasteiger partial charge in [-0.3, -0.25) is 9.88 Å². The van der Waals surface area contributed by atoms with Gasteiger partial charge in [0.1, 0.15) is 5.60 Å². The van der Waals surface area contributed by atoms with Crippen molar-refractivity contribution in [1.29, 1.82) is 0 Å². The van der Waals surface area contributed by atoms with E-state index in [2.05, 4.69) is 9.88 Å². The molecule has 0 amide bonds. The third-order valence-corrected chi connectivity index (χ3v) is 6.62. The molecule has 1 aliphatic carbocycles. The summed E-state index contributed by atoms with van der Waals surface area (Å²) < 4.78 is 10.9. The van der Waals surface area contributed by atoms with Crippen LogP contribution in [0.2, 0.25) is 5.02 Å². The van der Waals surface area contributed by atoms with E-state index in [-0.39, 0.29) is 12.7 Å². The topological polar surface area (TPSA) is 54.8 Å². The maximum absolute atomic E-state index is 11.5. The number of nitrogens with zero attached hydrogens (tertiary/aromatic N) is 2. The average Bonchev–Trinajstić information content (AvgIpc) is 3.33. The molecule has 0 radical (unpaired) electrons. The van der Waals surface area contributed by atoms with Crippen LogP contribution in [0, 0.1) is 18.8 Å². The third-order valence-electron chi connectivity index (χ3n) is 6.34. The van der Waals surface area contributed by atoms with E-state index in [4.69, 9.17) is 21.1 Å². The summed E-state index contributed by atoms with van der Waals surface area (Å²) in [6.07, 6.45) is 3.62. The molecular weight excluding hydrogens is 364 g/mol. The van der Waals surface area contributed by atoms with Gasteiger partial charge in [-0.05, 0) is 55.0 Å². The number of ether oxygens (including phenoxy) is 2. The molecule has 1 N–H and O–H groups in total. The molecule has 5 rings (SSSR count). The largest absolute Gasteiger partial charge is 0.454 e. The average molecular weight is 387 g/mol. The summed E-state index contributed by atoms with van der Waals surface area (Å²) >= 11 is 6.33. The molecule has 2 aromatic rings. The monoisotopic (exact) mass is 386 g/mol. The van der Waals surface area contributed by atoms with Crippen molar-refractivity contribution in [1.82, 2.24) is 9.88 Å². The second-order valence-electron chi connectivity index (χ2n) is 8.00. The van der Waals surface area contributed by atoms with Crippen LogP contribution in [-0.2, 0) is 12.1 Å². The van der Waals surface area contributed by atoms with Gasteiger partial charge in [0, 0.05) is 31.7 Å². The fraction of sp³-hybridized carbons (Fsp3) is 0.476.